The van der Waals surface area contributed by atoms with E-state index in [1.165, 1.54) is 12.8 Å². The van der Waals surface area contributed by atoms with Crippen molar-refractivity contribution < 1.29 is 10.3 Å². The van der Waals surface area contributed by atoms with E-state index in [9.17, 15) is 5.11 Å². The summed E-state index contributed by atoms with van der Waals surface area (Å²) in [6.45, 7) is 4.45. The van der Waals surface area contributed by atoms with E-state index in [-0.39, 0.29) is 0 Å². The van der Waals surface area contributed by atoms with Crippen molar-refractivity contribution in [2.75, 3.05) is 6.54 Å². The second-order valence-electron chi connectivity index (χ2n) is 3.09. The number of aliphatic hydroxyl groups is 1. The summed E-state index contributed by atoms with van der Waals surface area (Å²) in [5.41, 5.74) is 0. The van der Waals surface area contributed by atoms with Crippen molar-refractivity contribution in [2.45, 2.75) is 52.2 Å². The zero-order chi connectivity index (χ0) is 9.40. The summed E-state index contributed by atoms with van der Waals surface area (Å²) >= 11 is 0. The first kappa shape index (κ1) is 11.9. The van der Waals surface area contributed by atoms with Crippen molar-refractivity contribution in [1.82, 2.24) is 5.06 Å². The predicted octanol–water partition coefficient (Wildman–Crippen LogP) is 1.99. The van der Waals surface area contributed by atoms with Crippen LogP contribution in [0.1, 0.15) is 46.0 Å². The van der Waals surface area contributed by atoms with Crippen LogP contribution in [0.5, 0.6) is 0 Å². The van der Waals surface area contributed by atoms with Gasteiger partial charge in [0.15, 0.2) is 0 Å². The fraction of sp³-hybridized carbons (Fsp3) is 1.00. The van der Waals surface area contributed by atoms with Crippen LogP contribution in [-0.2, 0) is 0 Å². The number of hydrogen-bond acceptors (Lipinski definition) is 3. The second kappa shape index (κ2) is 7.53. The Morgan fingerprint density at radius 1 is 1.17 bits per heavy atom. The summed E-state index contributed by atoms with van der Waals surface area (Å²) in [5.74, 6) is 0. The van der Waals surface area contributed by atoms with E-state index in [1.807, 2.05) is 6.92 Å². The average Bonchev–Trinajstić information content (AvgIpc) is 2.10. The predicted molar refractivity (Wildman–Crippen MR) is 48.9 cm³/mol. The van der Waals surface area contributed by atoms with Crippen molar-refractivity contribution in [2.24, 2.45) is 0 Å². The van der Waals surface area contributed by atoms with Crippen molar-refractivity contribution in [3.63, 3.8) is 0 Å². The first-order chi connectivity index (χ1) is 5.72. The van der Waals surface area contributed by atoms with Gasteiger partial charge in [0.2, 0.25) is 0 Å². The molecule has 0 spiro atoms. The van der Waals surface area contributed by atoms with Crippen LogP contribution in [0.15, 0.2) is 0 Å². The summed E-state index contributed by atoms with van der Waals surface area (Å²) in [5, 5.41) is 19.3. The topological polar surface area (TPSA) is 43.7 Å². The fourth-order valence-electron chi connectivity index (χ4n) is 1.11. The van der Waals surface area contributed by atoms with E-state index in [0.717, 1.165) is 17.9 Å². The summed E-state index contributed by atoms with van der Waals surface area (Å²) < 4.78 is 0. The molecule has 0 fully saturated rings. The first-order valence-corrected chi connectivity index (χ1v) is 4.86. The summed E-state index contributed by atoms with van der Waals surface area (Å²) in [6.07, 6.45) is 4.55. The minimum absolute atomic E-state index is 0.481. The molecule has 0 aromatic rings. The number of unbranched alkanes of at least 4 members (excludes halogenated alkanes) is 3. The first-order valence-electron chi connectivity index (χ1n) is 4.86. The maximum atomic E-state index is 9.29. The standard InChI is InChI=1S/C9H21NO2/c1-3-5-6-7-8-9(11)10(12)4-2/h9,11-12H,3-8H2,1-2H3. The van der Waals surface area contributed by atoms with Crippen molar-refractivity contribution >= 4 is 0 Å². The molecular weight excluding hydrogens is 154 g/mol. The Labute approximate surface area is 75.0 Å². The lowest BCUT2D eigenvalue weighted by Crippen LogP contribution is -2.31. The van der Waals surface area contributed by atoms with Gasteiger partial charge in [-0.05, 0) is 19.8 Å². The molecule has 0 aliphatic rings. The molecule has 0 aliphatic heterocycles. The number of hydrogen-bond donors (Lipinski definition) is 2. The van der Waals surface area contributed by atoms with Gasteiger partial charge in [-0.3, -0.25) is 0 Å². The molecule has 3 nitrogen and oxygen atoms in total. The monoisotopic (exact) mass is 175 g/mol. The third kappa shape index (κ3) is 5.52. The molecule has 12 heavy (non-hydrogen) atoms. The lowest BCUT2D eigenvalue weighted by atomic mass is 10.1. The molecule has 1 atom stereocenters. The van der Waals surface area contributed by atoms with Gasteiger partial charge >= 0.3 is 0 Å². The van der Waals surface area contributed by atoms with Crippen LogP contribution in [0, 0.1) is 0 Å². The summed E-state index contributed by atoms with van der Waals surface area (Å²) in [6, 6.07) is 0. The van der Waals surface area contributed by atoms with Gasteiger partial charge in [-0.25, -0.2) is 0 Å². The molecule has 2 N–H and O–H groups in total. The van der Waals surface area contributed by atoms with Gasteiger partial charge in [-0.15, -0.1) is 0 Å². The second-order valence-corrected chi connectivity index (χ2v) is 3.09. The Morgan fingerprint density at radius 2 is 1.83 bits per heavy atom. The highest BCUT2D eigenvalue weighted by Crippen LogP contribution is 2.07. The molecule has 0 heterocycles. The molecule has 0 saturated heterocycles. The van der Waals surface area contributed by atoms with Crippen LogP contribution in [0.2, 0.25) is 0 Å². The molecule has 74 valence electrons. The number of hydroxylamine groups is 2. The van der Waals surface area contributed by atoms with Crippen molar-refractivity contribution in [3.8, 4) is 0 Å². The van der Waals surface area contributed by atoms with Crippen LogP contribution in [0.3, 0.4) is 0 Å². The fourth-order valence-corrected chi connectivity index (χ4v) is 1.11. The zero-order valence-electron chi connectivity index (χ0n) is 8.16. The van der Waals surface area contributed by atoms with Gasteiger partial charge in [-0.1, -0.05) is 26.2 Å². The molecule has 0 aliphatic carbocycles. The highest BCUT2D eigenvalue weighted by Gasteiger charge is 2.09. The van der Waals surface area contributed by atoms with Gasteiger partial charge in [-0.2, -0.15) is 5.06 Å². The van der Waals surface area contributed by atoms with Crippen LogP contribution < -0.4 is 0 Å². The van der Waals surface area contributed by atoms with E-state index in [1.54, 1.807) is 0 Å². The SMILES string of the molecule is CCCCCCC(O)N(O)CC. The normalized spacial score (nSPS) is 13.8. The molecule has 0 saturated carbocycles. The molecule has 1 unspecified atom stereocenters. The lowest BCUT2D eigenvalue weighted by Gasteiger charge is -2.19. The molecular formula is C9H21NO2. The minimum atomic E-state index is -0.674. The van der Waals surface area contributed by atoms with E-state index in [0.29, 0.717) is 13.0 Å². The Morgan fingerprint density at radius 3 is 2.33 bits per heavy atom. The van der Waals surface area contributed by atoms with Gasteiger partial charge in [0.05, 0.1) is 0 Å². The van der Waals surface area contributed by atoms with Gasteiger partial charge in [0.1, 0.15) is 6.23 Å². The third-order valence-electron chi connectivity index (χ3n) is 1.98. The maximum Gasteiger partial charge on any atom is 0.129 e. The van der Waals surface area contributed by atoms with E-state index in [2.05, 4.69) is 6.92 Å². The summed E-state index contributed by atoms with van der Waals surface area (Å²) in [7, 11) is 0. The molecule has 0 amide bonds. The highest BCUT2D eigenvalue weighted by molar-refractivity contribution is 4.51. The molecule has 3 heteroatoms. The molecule has 0 radical (unpaired) electrons. The number of nitrogens with zero attached hydrogens (tertiary/aromatic N) is 1. The largest absolute Gasteiger partial charge is 0.376 e. The van der Waals surface area contributed by atoms with E-state index in [4.69, 9.17) is 5.21 Å². The lowest BCUT2D eigenvalue weighted by molar-refractivity contribution is -0.195. The Bertz CT molecular complexity index is 98.5. The van der Waals surface area contributed by atoms with Crippen molar-refractivity contribution in [3.05, 3.63) is 0 Å². The molecule has 0 aromatic carbocycles. The molecule has 0 bridgehead atoms. The quantitative estimate of drug-likeness (QED) is 0.353. The number of aliphatic hydroxyl groups excluding tert-OH is 1. The van der Waals surface area contributed by atoms with Gasteiger partial charge in [0, 0.05) is 6.54 Å². The van der Waals surface area contributed by atoms with Crippen molar-refractivity contribution in [1.29, 1.82) is 0 Å². The van der Waals surface area contributed by atoms with Crippen LogP contribution in [0.25, 0.3) is 0 Å². The van der Waals surface area contributed by atoms with E-state index >= 15 is 0 Å². The summed E-state index contributed by atoms with van der Waals surface area (Å²) in [4.78, 5) is 0. The number of rotatable bonds is 7. The smallest absolute Gasteiger partial charge is 0.129 e. The minimum Gasteiger partial charge on any atom is -0.376 e. The Hall–Kier alpha value is -0.120. The molecule has 0 aromatic heterocycles. The highest BCUT2D eigenvalue weighted by atomic mass is 16.5. The van der Waals surface area contributed by atoms with Crippen LogP contribution in [0.4, 0.5) is 0 Å². The average molecular weight is 175 g/mol. The van der Waals surface area contributed by atoms with Crippen LogP contribution >= 0.6 is 0 Å². The Balaban J connectivity index is 3.24. The van der Waals surface area contributed by atoms with Crippen LogP contribution in [-0.4, -0.2) is 28.1 Å². The van der Waals surface area contributed by atoms with E-state index < -0.39 is 6.23 Å². The molecule has 0 rings (SSSR count). The zero-order valence-corrected chi connectivity index (χ0v) is 8.16. The maximum absolute atomic E-state index is 9.29. The van der Waals surface area contributed by atoms with Gasteiger partial charge in [0.25, 0.3) is 0 Å². The Kier molecular flexibility index (Phi) is 7.45. The van der Waals surface area contributed by atoms with Gasteiger partial charge < -0.3 is 10.3 Å². The third-order valence-corrected chi connectivity index (χ3v) is 1.98.